The summed E-state index contributed by atoms with van der Waals surface area (Å²) in [6.07, 6.45) is 7.66. The number of nitrogens with zero attached hydrogens (tertiary/aromatic N) is 4. The lowest BCUT2D eigenvalue weighted by Gasteiger charge is -2.26. The summed E-state index contributed by atoms with van der Waals surface area (Å²) in [5.74, 6) is 1.65. The number of hydrogen-bond acceptors (Lipinski definition) is 5. The Bertz CT molecular complexity index is 1580. The summed E-state index contributed by atoms with van der Waals surface area (Å²) in [7, 11) is 0. The fraction of sp³-hybridized carbons (Fsp3) is 0.312. The van der Waals surface area contributed by atoms with Gasteiger partial charge in [-0.05, 0) is 68.6 Å². The van der Waals surface area contributed by atoms with E-state index in [9.17, 15) is 4.79 Å². The van der Waals surface area contributed by atoms with E-state index >= 15 is 0 Å². The van der Waals surface area contributed by atoms with E-state index in [0.29, 0.717) is 12.8 Å². The highest BCUT2D eigenvalue weighted by atomic mass is 16.2. The first-order valence-electron chi connectivity index (χ1n) is 14.1. The Labute approximate surface area is 234 Å². The maximum Gasteiger partial charge on any atom is 0.223 e. The Kier molecular flexibility index (Phi) is 7.68. The number of aryl methyl sites for hydroxylation is 3. The summed E-state index contributed by atoms with van der Waals surface area (Å²) in [5, 5.41) is 17.4. The largest absolute Gasteiger partial charge is 0.361 e. The first kappa shape index (κ1) is 26.0. The Morgan fingerprint density at radius 2 is 1.80 bits per heavy atom. The van der Waals surface area contributed by atoms with Crippen LogP contribution in [0.2, 0.25) is 0 Å². The number of aromatic amines is 1. The molecule has 1 aliphatic heterocycles. The van der Waals surface area contributed by atoms with Gasteiger partial charge in [0, 0.05) is 42.1 Å². The van der Waals surface area contributed by atoms with Crippen LogP contribution in [0.3, 0.4) is 0 Å². The van der Waals surface area contributed by atoms with Crippen LogP contribution in [0.5, 0.6) is 0 Å². The van der Waals surface area contributed by atoms with Crippen LogP contribution >= 0.6 is 0 Å². The lowest BCUT2D eigenvalue weighted by Crippen LogP contribution is -2.40. The third-order valence-corrected chi connectivity index (χ3v) is 7.89. The highest BCUT2D eigenvalue weighted by molar-refractivity contribution is 5.83. The zero-order chi connectivity index (χ0) is 27.3. The van der Waals surface area contributed by atoms with Crippen LogP contribution in [-0.2, 0) is 24.1 Å². The molecule has 8 heteroatoms. The molecule has 1 saturated heterocycles. The molecule has 0 saturated carbocycles. The summed E-state index contributed by atoms with van der Waals surface area (Å²) >= 11 is 0. The van der Waals surface area contributed by atoms with E-state index in [1.54, 1.807) is 6.20 Å². The molecule has 204 valence electrons. The number of fused-ring (bicyclic) bond motifs is 1. The molecule has 0 aliphatic carbocycles. The molecule has 1 atom stereocenters. The number of H-pyrrole nitrogens is 1. The van der Waals surface area contributed by atoms with Crippen molar-refractivity contribution >= 4 is 16.8 Å². The maximum absolute atomic E-state index is 13.6. The number of carbonyl (C=O) groups is 1. The molecule has 3 N–H and O–H groups in total. The van der Waals surface area contributed by atoms with Crippen LogP contribution in [0.4, 0.5) is 0 Å². The van der Waals surface area contributed by atoms with Gasteiger partial charge in [-0.2, -0.15) is 0 Å². The topological polar surface area (TPSA) is 101 Å². The van der Waals surface area contributed by atoms with Gasteiger partial charge in [-0.25, -0.2) is 0 Å². The molecule has 8 nitrogen and oxygen atoms in total. The highest BCUT2D eigenvalue weighted by Gasteiger charge is 2.29. The Morgan fingerprint density at radius 1 is 1.00 bits per heavy atom. The molecule has 5 aromatic rings. The van der Waals surface area contributed by atoms with Crippen molar-refractivity contribution in [3.8, 4) is 5.69 Å². The second kappa shape index (κ2) is 11.8. The van der Waals surface area contributed by atoms with Gasteiger partial charge >= 0.3 is 0 Å². The number of hydrogen-bond donors (Lipinski definition) is 3. The van der Waals surface area contributed by atoms with E-state index in [2.05, 4.69) is 67.6 Å². The van der Waals surface area contributed by atoms with Crippen molar-refractivity contribution in [2.24, 2.45) is 5.92 Å². The third kappa shape index (κ3) is 5.53. The number of para-hydroxylation sites is 1. The number of benzene rings is 2. The van der Waals surface area contributed by atoms with E-state index in [1.165, 1.54) is 5.56 Å². The number of pyridine rings is 1. The number of aromatic nitrogens is 5. The number of nitrogens with one attached hydrogen (secondary N) is 3. The molecular formula is C32H35N7O. The number of rotatable bonds is 9. The van der Waals surface area contributed by atoms with E-state index in [4.69, 9.17) is 10.2 Å². The van der Waals surface area contributed by atoms with Crippen molar-refractivity contribution in [2.45, 2.75) is 45.1 Å². The van der Waals surface area contributed by atoms with Gasteiger partial charge in [0.05, 0.1) is 17.4 Å². The van der Waals surface area contributed by atoms with Crippen LogP contribution in [0, 0.1) is 12.8 Å². The predicted molar refractivity (Wildman–Crippen MR) is 156 cm³/mol. The van der Waals surface area contributed by atoms with Gasteiger partial charge in [0.2, 0.25) is 5.91 Å². The number of amides is 1. The Morgan fingerprint density at radius 3 is 2.62 bits per heavy atom. The zero-order valence-corrected chi connectivity index (χ0v) is 22.8. The van der Waals surface area contributed by atoms with E-state index in [0.717, 1.165) is 71.8 Å². The number of carbonyl (C=O) groups excluding carboxylic acids is 1. The minimum Gasteiger partial charge on any atom is -0.361 e. The van der Waals surface area contributed by atoms with Crippen LogP contribution in [0.25, 0.3) is 16.6 Å². The van der Waals surface area contributed by atoms with Gasteiger partial charge in [0.1, 0.15) is 5.82 Å². The zero-order valence-electron chi connectivity index (χ0n) is 22.8. The minimum atomic E-state index is -0.362. The monoisotopic (exact) mass is 533 g/mol. The number of piperidine rings is 1. The molecule has 6 rings (SSSR count). The summed E-state index contributed by atoms with van der Waals surface area (Å²) in [5.41, 5.74) is 5.28. The lowest BCUT2D eigenvalue weighted by molar-refractivity contribution is -0.126. The molecule has 0 bridgehead atoms. The fourth-order valence-electron chi connectivity index (χ4n) is 5.69. The van der Waals surface area contributed by atoms with Crippen molar-refractivity contribution in [1.29, 1.82) is 0 Å². The molecule has 1 aliphatic rings. The van der Waals surface area contributed by atoms with Crippen LogP contribution < -0.4 is 10.6 Å². The van der Waals surface area contributed by atoms with Crippen LogP contribution in [-0.4, -0.2) is 43.7 Å². The summed E-state index contributed by atoms with van der Waals surface area (Å²) in [6.45, 7) is 3.72. The van der Waals surface area contributed by atoms with Crippen molar-refractivity contribution < 1.29 is 4.79 Å². The molecule has 1 amide bonds. The fourth-order valence-corrected chi connectivity index (χ4v) is 5.69. The second-order valence-corrected chi connectivity index (χ2v) is 10.6. The van der Waals surface area contributed by atoms with E-state index < -0.39 is 0 Å². The molecule has 0 unspecified atom stereocenters. The van der Waals surface area contributed by atoms with Crippen molar-refractivity contribution in [3.05, 3.63) is 108 Å². The summed E-state index contributed by atoms with van der Waals surface area (Å²) in [6, 6.07) is 22.3. The lowest BCUT2D eigenvalue weighted by atomic mass is 9.96. The minimum absolute atomic E-state index is 0.0132. The molecule has 1 fully saturated rings. The van der Waals surface area contributed by atoms with Gasteiger partial charge in [0.25, 0.3) is 0 Å². The van der Waals surface area contributed by atoms with Crippen molar-refractivity contribution in [3.63, 3.8) is 0 Å². The first-order valence-corrected chi connectivity index (χ1v) is 14.1. The quantitative estimate of drug-likeness (QED) is 0.256. The van der Waals surface area contributed by atoms with Crippen molar-refractivity contribution in [1.82, 2.24) is 35.4 Å². The smallest absolute Gasteiger partial charge is 0.223 e. The van der Waals surface area contributed by atoms with Crippen LogP contribution in [0.1, 0.15) is 47.4 Å². The van der Waals surface area contributed by atoms with Gasteiger partial charge < -0.3 is 15.6 Å². The normalized spacial score (nSPS) is 14.8. The van der Waals surface area contributed by atoms with Gasteiger partial charge in [0.15, 0.2) is 5.82 Å². The van der Waals surface area contributed by atoms with Gasteiger partial charge in [-0.15, -0.1) is 10.2 Å². The summed E-state index contributed by atoms with van der Waals surface area (Å²) in [4.78, 5) is 21.5. The standard InChI is InChI=1S/C32H35N7O/c1-22-29(12-7-17-34-22)39-30(14-13-23-8-3-2-4-9-23)37-38-31(39)28(36-32(40)24-15-18-33-19-16-24)20-25-21-35-27-11-6-5-10-26(25)27/h2-12,17,21,24,28,33,35H,13-16,18-20H2,1H3,(H,36,40)/t28-/m1/s1. The average Bonchev–Trinajstić information content (AvgIpc) is 3.61. The predicted octanol–water partition coefficient (Wildman–Crippen LogP) is 4.64. The van der Waals surface area contributed by atoms with Gasteiger partial charge in [-0.1, -0.05) is 48.5 Å². The SMILES string of the molecule is Cc1ncccc1-n1c(CCc2ccccc2)nnc1[C@@H](Cc1c[nH]c2ccccc12)NC(=O)C1CCNCC1. The highest BCUT2D eigenvalue weighted by Crippen LogP contribution is 2.28. The third-order valence-electron chi connectivity index (χ3n) is 7.89. The second-order valence-electron chi connectivity index (χ2n) is 10.6. The molecule has 2 aromatic carbocycles. The molecule has 0 radical (unpaired) electrons. The Hall–Kier alpha value is -4.30. The maximum atomic E-state index is 13.6. The molecule has 40 heavy (non-hydrogen) atoms. The first-order chi connectivity index (χ1) is 19.7. The average molecular weight is 534 g/mol. The van der Waals surface area contributed by atoms with Crippen molar-refractivity contribution in [2.75, 3.05) is 13.1 Å². The van der Waals surface area contributed by atoms with Crippen LogP contribution in [0.15, 0.2) is 79.1 Å². The molecular weight excluding hydrogens is 498 g/mol. The Balaban J connectivity index is 1.40. The molecule has 0 spiro atoms. The van der Waals surface area contributed by atoms with E-state index in [1.807, 2.05) is 37.4 Å². The van der Waals surface area contributed by atoms with E-state index in [-0.39, 0.29) is 17.9 Å². The summed E-state index contributed by atoms with van der Waals surface area (Å²) < 4.78 is 2.12. The van der Waals surface area contributed by atoms with Gasteiger partial charge in [-0.3, -0.25) is 14.3 Å². The molecule has 3 aromatic heterocycles. The molecule has 4 heterocycles.